The molecule has 1 saturated heterocycles. The van der Waals surface area contributed by atoms with Crippen LogP contribution in [0.2, 0.25) is 5.15 Å². The van der Waals surface area contributed by atoms with E-state index in [1.54, 1.807) is 4.90 Å². The molecule has 0 aliphatic carbocycles. The fourth-order valence-electron chi connectivity index (χ4n) is 2.12. The Morgan fingerprint density at radius 1 is 1.33 bits per heavy atom. The Balaban J connectivity index is 1.79. The van der Waals surface area contributed by atoms with Gasteiger partial charge in [-0.1, -0.05) is 11.6 Å². The monoisotopic (exact) mass is 313 g/mol. The van der Waals surface area contributed by atoms with Crippen LogP contribution >= 0.6 is 11.6 Å². The molecule has 0 spiro atoms. The molecule has 7 nitrogen and oxygen atoms in total. The number of ether oxygens (including phenoxy) is 1. The van der Waals surface area contributed by atoms with Crippen molar-refractivity contribution in [2.75, 3.05) is 19.7 Å². The lowest BCUT2D eigenvalue weighted by Gasteiger charge is -2.31. The Morgan fingerprint density at radius 2 is 2.05 bits per heavy atom. The van der Waals surface area contributed by atoms with E-state index in [0.717, 1.165) is 0 Å². The van der Waals surface area contributed by atoms with Gasteiger partial charge in [-0.25, -0.2) is 9.97 Å². The standard InChI is InChI=1S/C13H16ClN3O4/c14-11-8-15-10(7-16-11)13(20)17-4-1-9(2-5-17)21-6-3-12(18)19/h7-9H,1-6H2,(H,18,19). The van der Waals surface area contributed by atoms with E-state index in [-0.39, 0.29) is 35.9 Å². The van der Waals surface area contributed by atoms with E-state index in [9.17, 15) is 9.59 Å². The summed E-state index contributed by atoms with van der Waals surface area (Å²) in [5, 5.41) is 8.80. The van der Waals surface area contributed by atoms with E-state index in [1.807, 2.05) is 0 Å². The fourth-order valence-corrected chi connectivity index (χ4v) is 2.22. The molecule has 1 aliphatic heterocycles. The molecule has 2 rings (SSSR count). The quantitative estimate of drug-likeness (QED) is 0.878. The predicted octanol–water partition coefficient (Wildman–Crippen LogP) is 1.23. The molecule has 0 atom stereocenters. The molecule has 1 aromatic heterocycles. The van der Waals surface area contributed by atoms with Gasteiger partial charge in [0.15, 0.2) is 0 Å². The molecule has 1 N–H and O–H groups in total. The second-order valence-electron chi connectivity index (χ2n) is 4.73. The fraction of sp³-hybridized carbons (Fsp3) is 0.538. The largest absolute Gasteiger partial charge is 0.481 e. The normalized spacial score (nSPS) is 16.0. The van der Waals surface area contributed by atoms with Crippen molar-refractivity contribution in [2.24, 2.45) is 0 Å². The summed E-state index contributed by atoms with van der Waals surface area (Å²) in [7, 11) is 0. The van der Waals surface area contributed by atoms with Crippen LogP contribution in [0.25, 0.3) is 0 Å². The number of halogens is 1. The molecule has 0 bridgehead atoms. The molecule has 1 fully saturated rings. The lowest BCUT2D eigenvalue weighted by atomic mass is 10.1. The molecule has 114 valence electrons. The molecule has 1 aromatic rings. The van der Waals surface area contributed by atoms with Crippen LogP contribution in [-0.4, -0.2) is 57.7 Å². The number of likely N-dealkylation sites (tertiary alicyclic amines) is 1. The molecular formula is C13H16ClN3O4. The molecule has 8 heteroatoms. The molecule has 1 amide bonds. The van der Waals surface area contributed by atoms with Gasteiger partial charge in [-0.2, -0.15) is 0 Å². The van der Waals surface area contributed by atoms with Crippen LogP contribution in [0.5, 0.6) is 0 Å². The van der Waals surface area contributed by atoms with E-state index < -0.39 is 5.97 Å². The van der Waals surface area contributed by atoms with Gasteiger partial charge in [-0.05, 0) is 12.8 Å². The summed E-state index contributed by atoms with van der Waals surface area (Å²) in [6.07, 6.45) is 4.08. The minimum Gasteiger partial charge on any atom is -0.481 e. The maximum Gasteiger partial charge on any atom is 0.305 e. The Labute approximate surface area is 126 Å². The zero-order valence-corrected chi connectivity index (χ0v) is 12.1. The van der Waals surface area contributed by atoms with E-state index in [4.69, 9.17) is 21.4 Å². The molecule has 1 aliphatic rings. The van der Waals surface area contributed by atoms with E-state index in [2.05, 4.69) is 9.97 Å². The number of amides is 1. The van der Waals surface area contributed by atoms with Crippen LogP contribution in [0.15, 0.2) is 12.4 Å². The number of carbonyl (C=O) groups is 2. The van der Waals surface area contributed by atoms with Gasteiger partial charge in [0.2, 0.25) is 0 Å². The van der Waals surface area contributed by atoms with E-state index >= 15 is 0 Å². The highest BCUT2D eigenvalue weighted by atomic mass is 35.5. The Kier molecular flexibility index (Phi) is 5.46. The number of piperidine rings is 1. The summed E-state index contributed by atoms with van der Waals surface area (Å²) in [4.78, 5) is 32.1. The van der Waals surface area contributed by atoms with Gasteiger partial charge in [0, 0.05) is 13.1 Å². The smallest absolute Gasteiger partial charge is 0.305 e. The minimum atomic E-state index is -0.871. The average Bonchev–Trinajstić information content (AvgIpc) is 2.48. The lowest BCUT2D eigenvalue weighted by Crippen LogP contribution is -2.41. The minimum absolute atomic E-state index is 0.000487. The van der Waals surface area contributed by atoms with Crippen LogP contribution in [0.3, 0.4) is 0 Å². The van der Waals surface area contributed by atoms with Crippen molar-refractivity contribution in [3.8, 4) is 0 Å². The first kappa shape index (κ1) is 15.7. The van der Waals surface area contributed by atoms with Crippen LogP contribution in [0, 0.1) is 0 Å². The molecule has 0 aromatic carbocycles. The molecule has 0 radical (unpaired) electrons. The number of nitrogens with zero attached hydrogens (tertiary/aromatic N) is 3. The Hall–Kier alpha value is -1.73. The van der Waals surface area contributed by atoms with Gasteiger partial charge in [-0.15, -0.1) is 0 Å². The summed E-state index contributed by atoms with van der Waals surface area (Å²) in [6.45, 7) is 1.32. The van der Waals surface area contributed by atoms with Crippen LogP contribution in [0.4, 0.5) is 0 Å². The highest BCUT2D eigenvalue weighted by Crippen LogP contribution is 2.16. The number of carboxylic acid groups (broad SMARTS) is 1. The molecule has 0 saturated carbocycles. The second kappa shape index (κ2) is 7.33. The van der Waals surface area contributed by atoms with Crippen LogP contribution in [-0.2, 0) is 9.53 Å². The van der Waals surface area contributed by atoms with Gasteiger partial charge >= 0.3 is 5.97 Å². The SMILES string of the molecule is O=C(O)CCOC1CCN(C(=O)c2cnc(Cl)cn2)CC1. The van der Waals surface area contributed by atoms with Gasteiger partial charge < -0.3 is 14.7 Å². The third-order valence-corrected chi connectivity index (χ3v) is 3.43. The topological polar surface area (TPSA) is 92.6 Å². The number of aromatic nitrogens is 2. The highest BCUT2D eigenvalue weighted by molar-refractivity contribution is 6.29. The third-order valence-electron chi connectivity index (χ3n) is 3.24. The van der Waals surface area contributed by atoms with Crippen LogP contribution in [0.1, 0.15) is 29.8 Å². The second-order valence-corrected chi connectivity index (χ2v) is 5.12. The third kappa shape index (κ3) is 4.64. The van der Waals surface area contributed by atoms with E-state index in [1.165, 1.54) is 12.4 Å². The highest BCUT2D eigenvalue weighted by Gasteiger charge is 2.25. The summed E-state index contributed by atoms with van der Waals surface area (Å²) in [5.74, 6) is -1.05. The van der Waals surface area contributed by atoms with Crippen molar-refractivity contribution < 1.29 is 19.4 Å². The van der Waals surface area contributed by atoms with Crippen molar-refractivity contribution in [2.45, 2.75) is 25.4 Å². The maximum atomic E-state index is 12.2. The van der Waals surface area contributed by atoms with Gasteiger partial charge in [0.05, 0.1) is 31.5 Å². The molecule has 0 unspecified atom stereocenters. The van der Waals surface area contributed by atoms with E-state index in [0.29, 0.717) is 25.9 Å². The van der Waals surface area contributed by atoms with Crippen molar-refractivity contribution in [3.05, 3.63) is 23.2 Å². The van der Waals surface area contributed by atoms with Gasteiger partial charge in [-0.3, -0.25) is 9.59 Å². The molecular weight excluding hydrogens is 298 g/mol. The average molecular weight is 314 g/mol. The summed E-state index contributed by atoms with van der Waals surface area (Å²) in [5.41, 5.74) is 0.268. The number of carboxylic acids is 1. The summed E-state index contributed by atoms with van der Waals surface area (Å²) >= 11 is 5.64. The van der Waals surface area contributed by atoms with Crippen molar-refractivity contribution in [1.82, 2.24) is 14.9 Å². The first-order chi connectivity index (χ1) is 10.1. The number of hydrogen-bond donors (Lipinski definition) is 1. The number of carbonyl (C=O) groups excluding carboxylic acids is 1. The maximum absolute atomic E-state index is 12.2. The summed E-state index contributed by atoms with van der Waals surface area (Å²) < 4.78 is 5.48. The molecule has 2 heterocycles. The first-order valence-electron chi connectivity index (χ1n) is 6.66. The first-order valence-corrected chi connectivity index (χ1v) is 7.04. The Bertz CT molecular complexity index is 501. The zero-order chi connectivity index (χ0) is 15.2. The van der Waals surface area contributed by atoms with Crippen molar-refractivity contribution in [1.29, 1.82) is 0 Å². The van der Waals surface area contributed by atoms with Gasteiger partial charge in [0.1, 0.15) is 10.8 Å². The number of rotatable bonds is 5. The predicted molar refractivity (Wildman–Crippen MR) is 74.2 cm³/mol. The number of aliphatic carboxylic acids is 1. The van der Waals surface area contributed by atoms with Crippen molar-refractivity contribution in [3.63, 3.8) is 0 Å². The lowest BCUT2D eigenvalue weighted by molar-refractivity contribution is -0.138. The number of hydrogen-bond acceptors (Lipinski definition) is 5. The summed E-state index contributed by atoms with van der Waals surface area (Å²) in [6, 6.07) is 0. The van der Waals surface area contributed by atoms with Crippen molar-refractivity contribution >= 4 is 23.5 Å². The zero-order valence-electron chi connectivity index (χ0n) is 11.4. The molecule has 21 heavy (non-hydrogen) atoms. The Morgan fingerprint density at radius 3 is 2.62 bits per heavy atom. The van der Waals surface area contributed by atoms with Crippen LogP contribution < -0.4 is 0 Å². The van der Waals surface area contributed by atoms with Gasteiger partial charge in [0.25, 0.3) is 5.91 Å².